The third kappa shape index (κ3) is 2.26. The second kappa shape index (κ2) is 5.20. The lowest BCUT2D eigenvalue weighted by Crippen LogP contribution is -2.25. The molecule has 2 rings (SSSR count). The maximum Gasteiger partial charge on any atom is 0.350 e. The van der Waals surface area contributed by atoms with Crippen LogP contribution in [0.25, 0.3) is 16.1 Å². The van der Waals surface area contributed by atoms with Crippen molar-refractivity contribution in [1.29, 1.82) is 0 Å². The summed E-state index contributed by atoms with van der Waals surface area (Å²) in [7, 11) is 0. The molecule has 0 amide bonds. The first-order chi connectivity index (χ1) is 8.74. The average Bonchev–Trinajstić information content (AvgIpc) is 2.68. The van der Waals surface area contributed by atoms with Crippen LogP contribution < -0.4 is 5.69 Å². The van der Waals surface area contributed by atoms with Gasteiger partial charge in [-0.15, -0.1) is 0 Å². The summed E-state index contributed by atoms with van der Waals surface area (Å²) in [6.45, 7) is 2.32. The quantitative estimate of drug-likeness (QED) is 0.465. The number of aryl methyl sites for hydroxylation is 1. The molecule has 0 saturated carbocycles. The average molecular weight is 244 g/mol. The largest absolute Gasteiger partial charge is 0.350 e. The molecule has 0 aliphatic heterocycles. The maximum absolute atomic E-state index is 12.1. The van der Waals surface area contributed by atoms with Gasteiger partial charge in [-0.2, -0.15) is 9.78 Å². The van der Waals surface area contributed by atoms with E-state index in [-0.39, 0.29) is 12.2 Å². The number of hydrogen-bond donors (Lipinski definition) is 0. The molecule has 1 aromatic heterocycles. The van der Waals surface area contributed by atoms with E-state index in [1.54, 1.807) is 6.92 Å². The lowest BCUT2D eigenvalue weighted by atomic mass is 10.3. The first-order valence-corrected chi connectivity index (χ1v) is 5.47. The van der Waals surface area contributed by atoms with E-state index < -0.39 is 0 Å². The van der Waals surface area contributed by atoms with Gasteiger partial charge in [0.1, 0.15) is 5.82 Å². The standard InChI is InChI=1S/C11H12N6O/c1-9-14-17(10-5-3-2-4-6-10)11(18)16(9)8-7-13-15-12/h2-6H,7-8H2,1H3. The maximum atomic E-state index is 12.1. The fraction of sp³-hybridized carbons (Fsp3) is 0.273. The van der Waals surface area contributed by atoms with Gasteiger partial charge < -0.3 is 0 Å². The van der Waals surface area contributed by atoms with Gasteiger partial charge in [0.2, 0.25) is 0 Å². The van der Waals surface area contributed by atoms with Gasteiger partial charge in [-0.1, -0.05) is 23.3 Å². The molecular formula is C11H12N6O. The summed E-state index contributed by atoms with van der Waals surface area (Å²) in [4.78, 5) is 14.8. The zero-order valence-corrected chi connectivity index (χ0v) is 9.89. The van der Waals surface area contributed by atoms with Crippen LogP contribution in [0.4, 0.5) is 0 Å². The highest BCUT2D eigenvalue weighted by atomic mass is 16.2. The number of rotatable bonds is 4. The highest BCUT2D eigenvalue weighted by Gasteiger charge is 2.10. The van der Waals surface area contributed by atoms with Crippen LogP contribution in [-0.2, 0) is 6.54 Å². The van der Waals surface area contributed by atoms with Crippen molar-refractivity contribution in [3.8, 4) is 5.69 Å². The van der Waals surface area contributed by atoms with Crippen LogP contribution >= 0.6 is 0 Å². The van der Waals surface area contributed by atoms with Crippen LogP contribution in [0.3, 0.4) is 0 Å². The Hall–Kier alpha value is -2.53. The van der Waals surface area contributed by atoms with Crippen molar-refractivity contribution in [2.75, 3.05) is 6.54 Å². The number of para-hydroxylation sites is 1. The van der Waals surface area contributed by atoms with Crippen molar-refractivity contribution >= 4 is 0 Å². The Labute approximate surface area is 103 Å². The molecule has 0 fully saturated rings. The second-order valence-corrected chi connectivity index (χ2v) is 3.68. The first kappa shape index (κ1) is 11.9. The van der Waals surface area contributed by atoms with Crippen LogP contribution in [-0.4, -0.2) is 20.9 Å². The van der Waals surface area contributed by atoms with Crippen LogP contribution in [0.1, 0.15) is 5.82 Å². The number of benzene rings is 1. The minimum absolute atomic E-state index is 0.230. The Kier molecular flexibility index (Phi) is 3.45. The summed E-state index contributed by atoms with van der Waals surface area (Å²) in [6.07, 6.45) is 0. The molecule has 0 saturated heterocycles. The molecule has 0 bridgehead atoms. The van der Waals surface area contributed by atoms with Crippen LogP contribution in [0, 0.1) is 6.92 Å². The van der Waals surface area contributed by atoms with Gasteiger partial charge in [0, 0.05) is 18.0 Å². The Balaban J connectivity index is 2.38. The molecule has 18 heavy (non-hydrogen) atoms. The fourth-order valence-corrected chi connectivity index (χ4v) is 1.68. The van der Waals surface area contributed by atoms with E-state index in [1.165, 1.54) is 9.25 Å². The topological polar surface area (TPSA) is 88.6 Å². The van der Waals surface area contributed by atoms with Crippen molar-refractivity contribution in [3.63, 3.8) is 0 Å². The lowest BCUT2D eigenvalue weighted by molar-refractivity contribution is 0.655. The monoisotopic (exact) mass is 244 g/mol. The van der Waals surface area contributed by atoms with Crippen molar-refractivity contribution < 1.29 is 0 Å². The molecular weight excluding hydrogens is 232 g/mol. The van der Waals surface area contributed by atoms with E-state index in [4.69, 9.17) is 5.53 Å². The van der Waals surface area contributed by atoms with Gasteiger partial charge >= 0.3 is 5.69 Å². The normalized spacial score (nSPS) is 10.1. The van der Waals surface area contributed by atoms with Crippen molar-refractivity contribution in [3.05, 3.63) is 57.1 Å². The Morgan fingerprint density at radius 3 is 2.78 bits per heavy atom. The van der Waals surface area contributed by atoms with Gasteiger partial charge in [-0.3, -0.25) is 4.57 Å². The predicted octanol–water partition coefficient (Wildman–Crippen LogP) is 1.65. The first-order valence-electron chi connectivity index (χ1n) is 5.47. The van der Waals surface area contributed by atoms with E-state index in [0.29, 0.717) is 18.1 Å². The van der Waals surface area contributed by atoms with Gasteiger partial charge in [-0.25, -0.2) is 4.79 Å². The zero-order chi connectivity index (χ0) is 13.0. The van der Waals surface area contributed by atoms with E-state index in [1.807, 2.05) is 30.3 Å². The van der Waals surface area contributed by atoms with Gasteiger partial charge in [0.15, 0.2) is 0 Å². The van der Waals surface area contributed by atoms with Crippen molar-refractivity contribution in [1.82, 2.24) is 14.3 Å². The summed E-state index contributed by atoms with van der Waals surface area (Å²) in [5, 5.41) is 7.61. The van der Waals surface area contributed by atoms with E-state index in [9.17, 15) is 4.79 Å². The Morgan fingerprint density at radius 1 is 1.39 bits per heavy atom. The van der Waals surface area contributed by atoms with Crippen molar-refractivity contribution in [2.45, 2.75) is 13.5 Å². The molecule has 0 spiro atoms. The molecule has 0 radical (unpaired) electrons. The molecule has 7 nitrogen and oxygen atoms in total. The summed E-state index contributed by atoms with van der Waals surface area (Å²) in [6, 6.07) is 9.18. The van der Waals surface area contributed by atoms with Crippen LogP contribution in [0.15, 0.2) is 40.2 Å². The molecule has 1 aromatic carbocycles. The van der Waals surface area contributed by atoms with Gasteiger partial charge in [0.05, 0.1) is 5.69 Å². The van der Waals surface area contributed by atoms with Gasteiger partial charge in [0.25, 0.3) is 0 Å². The minimum atomic E-state index is -0.230. The summed E-state index contributed by atoms with van der Waals surface area (Å²) in [5.74, 6) is 0.594. The smallest absolute Gasteiger partial charge is 0.279 e. The second-order valence-electron chi connectivity index (χ2n) is 3.68. The summed E-state index contributed by atoms with van der Waals surface area (Å²) in [5.41, 5.74) is 8.70. The number of hydrogen-bond acceptors (Lipinski definition) is 3. The van der Waals surface area contributed by atoms with E-state index >= 15 is 0 Å². The summed E-state index contributed by atoms with van der Waals surface area (Å²) < 4.78 is 2.83. The number of aromatic nitrogens is 3. The molecule has 0 aliphatic rings. The number of azide groups is 1. The zero-order valence-electron chi connectivity index (χ0n) is 9.89. The molecule has 2 aromatic rings. The van der Waals surface area contributed by atoms with E-state index in [0.717, 1.165) is 0 Å². The lowest BCUT2D eigenvalue weighted by Gasteiger charge is -1.98. The molecule has 0 atom stereocenters. The van der Waals surface area contributed by atoms with Gasteiger partial charge in [-0.05, 0) is 24.6 Å². The Morgan fingerprint density at radius 2 is 2.11 bits per heavy atom. The highest BCUT2D eigenvalue weighted by Crippen LogP contribution is 2.03. The summed E-state index contributed by atoms with van der Waals surface area (Å²) >= 11 is 0. The number of nitrogens with zero attached hydrogens (tertiary/aromatic N) is 6. The third-order valence-electron chi connectivity index (χ3n) is 2.54. The third-order valence-corrected chi connectivity index (χ3v) is 2.54. The molecule has 7 heteroatoms. The molecule has 0 unspecified atom stereocenters. The minimum Gasteiger partial charge on any atom is -0.279 e. The Bertz CT molecular complexity index is 635. The van der Waals surface area contributed by atoms with Crippen LogP contribution in [0.2, 0.25) is 0 Å². The molecule has 1 heterocycles. The molecule has 0 aliphatic carbocycles. The van der Waals surface area contributed by atoms with Crippen molar-refractivity contribution in [2.24, 2.45) is 5.11 Å². The molecule has 0 N–H and O–H groups in total. The molecule has 92 valence electrons. The fourth-order valence-electron chi connectivity index (χ4n) is 1.68. The van der Waals surface area contributed by atoms with E-state index in [2.05, 4.69) is 15.1 Å². The predicted molar refractivity (Wildman–Crippen MR) is 66.6 cm³/mol. The highest BCUT2D eigenvalue weighted by molar-refractivity contribution is 5.29. The van der Waals surface area contributed by atoms with Crippen LogP contribution in [0.5, 0.6) is 0 Å². The SMILES string of the molecule is Cc1nn(-c2ccccc2)c(=O)n1CCN=[N+]=[N-].